The predicted octanol–water partition coefficient (Wildman–Crippen LogP) is 1.41. The third-order valence-corrected chi connectivity index (χ3v) is 0.815. The van der Waals surface area contributed by atoms with Gasteiger partial charge < -0.3 is 4.74 Å². The lowest BCUT2D eigenvalue weighted by Gasteiger charge is -1.98. The molecule has 0 spiro atoms. The molecular formula is C3H5Cl2NO. The molecule has 0 fully saturated rings. The molecule has 0 aliphatic heterocycles. The van der Waals surface area contributed by atoms with Gasteiger partial charge in [-0.15, -0.1) is 0 Å². The van der Waals surface area contributed by atoms with Crippen molar-refractivity contribution in [3.8, 4) is 0 Å². The normalized spacial score (nSPS) is 9.14. The Balaban J connectivity index is 3.35. The van der Waals surface area contributed by atoms with Crippen LogP contribution in [0.5, 0.6) is 0 Å². The van der Waals surface area contributed by atoms with Gasteiger partial charge in [0.1, 0.15) is 0 Å². The van der Waals surface area contributed by atoms with Crippen molar-refractivity contribution in [2.24, 2.45) is 0 Å². The highest BCUT2D eigenvalue weighted by Gasteiger charge is 2.03. The van der Waals surface area contributed by atoms with Crippen LogP contribution in [0.15, 0.2) is 0 Å². The zero-order chi connectivity index (χ0) is 5.86. The van der Waals surface area contributed by atoms with E-state index in [0.29, 0.717) is 0 Å². The Labute approximate surface area is 51.9 Å². The van der Waals surface area contributed by atoms with E-state index in [9.17, 15) is 0 Å². The Morgan fingerprint density at radius 3 is 2.14 bits per heavy atom. The van der Waals surface area contributed by atoms with E-state index in [1.54, 1.807) is 0 Å². The van der Waals surface area contributed by atoms with Gasteiger partial charge in [-0.3, -0.25) is 5.41 Å². The number of rotatable bonds is 1. The van der Waals surface area contributed by atoms with Crippen molar-refractivity contribution in [1.82, 2.24) is 0 Å². The lowest BCUT2D eigenvalue weighted by molar-refractivity contribution is 0.394. The van der Waals surface area contributed by atoms with Crippen LogP contribution in [0.4, 0.5) is 0 Å². The second-order valence-electron chi connectivity index (χ2n) is 0.869. The SMILES string of the molecule is COC(=N)C(Cl)Cl. The Morgan fingerprint density at radius 1 is 1.71 bits per heavy atom. The minimum atomic E-state index is -0.829. The van der Waals surface area contributed by atoms with Gasteiger partial charge in [-0.05, 0) is 0 Å². The summed E-state index contributed by atoms with van der Waals surface area (Å²) in [4.78, 5) is -0.829. The van der Waals surface area contributed by atoms with Crippen molar-refractivity contribution in [1.29, 1.82) is 5.41 Å². The van der Waals surface area contributed by atoms with Gasteiger partial charge in [0, 0.05) is 0 Å². The third kappa shape index (κ3) is 2.71. The van der Waals surface area contributed by atoms with Gasteiger partial charge in [-0.2, -0.15) is 0 Å². The van der Waals surface area contributed by atoms with Crippen molar-refractivity contribution in [3.05, 3.63) is 0 Å². The van der Waals surface area contributed by atoms with Gasteiger partial charge in [0.15, 0.2) is 4.84 Å². The molecule has 0 unspecified atom stereocenters. The van der Waals surface area contributed by atoms with Crippen LogP contribution < -0.4 is 0 Å². The number of halogens is 2. The molecule has 0 atom stereocenters. The summed E-state index contributed by atoms with van der Waals surface area (Å²) in [7, 11) is 1.35. The fraction of sp³-hybridized carbons (Fsp3) is 0.667. The van der Waals surface area contributed by atoms with E-state index >= 15 is 0 Å². The van der Waals surface area contributed by atoms with Crippen LogP contribution in [0, 0.1) is 5.41 Å². The maximum absolute atomic E-state index is 6.71. The Kier molecular flexibility index (Phi) is 3.13. The zero-order valence-corrected chi connectivity index (χ0v) is 5.25. The molecule has 0 rings (SSSR count). The number of hydrogen-bond acceptors (Lipinski definition) is 2. The molecule has 0 radical (unpaired) electrons. The van der Waals surface area contributed by atoms with Crippen LogP contribution in [0.1, 0.15) is 0 Å². The first-order valence-electron chi connectivity index (χ1n) is 1.59. The molecule has 0 saturated carbocycles. The molecule has 2 nitrogen and oxygen atoms in total. The molecule has 7 heavy (non-hydrogen) atoms. The number of ether oxygens (including phenoxy) is 1. The van der Waals surface area contributed by atoms with Crippen molar-refractivity contribution in [3.63, 3.8) is 0 Å². The molecule has 0 saturated heterocycles. The zero-order valence-electron chi connectivity index (χ0n) is 3.74. The summed E-state index contributed by atoms with van der Waals surface area (Å²) in [6, 6.07) is 0. The highest BCUT2D eigenvalue weighted by molar-refractivity contribution is 6.53. The lowest BCUT2D eigenvalue weighted by atomic mass is 10.8. The summed E-state index contributed by atoms with van der Waals surface area (Å²) >= 11 is 10.3. The summed E-state index contributed by atoms with van der Waals surface area (Å²) < 4.78 is 4.33. The second kappa shape index (κ2) is 3.10. The summed E-state index contributed by atoms with van der Waals surface area (Å²) in [6.07, 6.45) is 0. The smallest absolute Gasteiger partial charge is 0.214 e. The minimum Gasteiger partial charge on any atom is -0.483 e. The molecule has 0 aromatic heterocycles. The largest absolute Gasteiger partial charge is 0.483 e. The fourth-order valence-electron chi connectivity index (χ4n) is 0.0891. The highest BCUT2D eigenvalue weighted by Crippen LogP contribution is 2.02. The average Bonchev–Trinajstić information content (AvgIpc) is 1.65. The van der Waals surface area contributed by atoms with Crippen LogP contribution in [-0.4, -0.2) is 17.8 Å². The molecule has 0 aromatic rings. The maximum atomic E-state index is 6.71. The Hall–Kier alpha value is 0.0500. The second-order valence-corrected chi connectivity index (χ2v) is 1.97. The van der Waals surface area contributed by atoms with E-state index in [2.05, 4.69) is 4.74 Å². The number of hydrogen-bond donors (Lipinski definition) is 1. The molecule has 0 bridgehead atoms. The van der Waals surface area contributed by atoms with E-state index in [1.165, 1.54) is 7.11 Å². The van der Waals surface area contributed by atoms with Gasteiger partial charge in [0.25, 0.3) is 0 Å². The molecule has 42 valence electrons. The number of methoxy groups -OCH3 is 1. The molecule has 0 amide bonds. The van der Waals surface area contributed by atoms with Crippen LogP contribution in [0.25, 0.3) is 0 Å². The maximum Gasteiger partial charge on any atom is 0.214 e. The summed E-state index contributed by atoms with van der Waals surface area (Å²) in [5.74, 6) is -0.122. The Bertz CT molecular complexity index is 73.3. The summed E-state index contributed by atoms with van der Waals surface area (Å²) in [5, 5.41) is 6.71. The first kappa shape index (κ1) is 7.05. The summed E-state index contributed by atoms with van der Waals surface area (Å²) in [6.45, 7) is 0. The monoisotopic (exact) mass is 141 g/mol. The van der Waals surface area contributed by atoms with Gasteiger partial charge in [-0.1, -0.05) is 23.2 Å². The minimum absolute atomic E-state index is 0.122. The van der Waals surface area contributed by atoms with Gasteiger partial charge in [-0.25, -0.2) is 0 Å². The molecular weight excluding hydrogens is 137 g/mol. The van der Waals surface area contributed by atoms with Crippen molar-refractivity contribution >= 4 is 29.1 Å². The Morgan fingerprint density at radius 2 is 2.14 bits per heavy atom. The van der Waals surface area contributed by atoms with Crippen LogP contribution in [-0.2, 0) is 4.74 Å². The first-order chi connectivity index (χ1) is 3.18. The fourth-order valence-corrected chi connectivity index (χ4v) is 0.267. The first-order valence-corrected chi connectivity index (χ1v) is 2.46. The van der Waals surface area contributed by atoms with E-state index in [-0.39, 0.29) is 5.90 Å². The van der Waals surface area contributed by atoms with Crippen LogP contribution in [0.2, 0.25) is 0 Å². The molecule has 0 heterocycles. The quantitative estimate of drug-likeness (QED) is 0.335. The van der Waals surface area contributed by atoms with Gasteiger partial charge in [0.05, 0.1) is 7.11 Å². The molecule has 4 heteroatoms. The lowest BCUT2D eigenvalue weighted by Crippen LogP contribution is -2.07. The van der Waals surface area contributed by atoms with Crippen molar-refractivity contribution < 1.29 is 4.74 Å². The third-order valence-electron chi connectivity index (χ3n) is 0.418. The van der Waals surface area contributed by atoms with E-state index in [4.69, 9.17) is 28.6 Å². The van der Waals surface area contributed by atoms with E-state index < -0.39 is 4.84 Å². The van der Waals surface area contributed by atoms with Crippen LogP contribution >= 0.6 is 23.2 Å². The molecule has 0 aliphatic carbocycles. The predicted molar refractivity (Wildman–Crippen MR) is 30.2 cm³/mol. The standard InChI is InChI=1S/C3H5Cl2NO/c1-7-3(6)2(4)5/h2,6H,1H3. The van der Waals surface area contributed by atoms with Crippen molar-refractivity contribution in [2.45, 2.75) is 4.84 Å². The molecule has 1 N–H and O–H groups in total. The average molecular weight is 142 g/mol. The van der Waals surface area contributed by atoms with Crippen molar-refractivity contribution in [2.75, 3.05) is 7.11 Å². The van der Waals surface area contributed by atoms with E-state index in [0.717, 1.165) is 0 Å². The number of nitrogens with one attached hydrogen (secondary N) is 1. The molecule has 0 aliphatic rings. The number of alkyl halides is 2. The van der Waals surface area contributed by atoms with Gasteiger partial charge in [0.2, 0.25) is 5.90 Å². The topological polar surface area (TPSA) is 33.1 Å². The van der Waals surface area contributed by atoms with E-state index in [1.807, 2.05) is 0 Å². The van der Waals surface area contributed by atoms with Gasteiger partial charge >= 0.3 is 0 Å². The van der Waals surface area contributed by atoms with Crippen LogP contribution in [0.3, 0.4) is 0 Å². The highest BCUT2D eigenvalue weighted by atomic mass is 35.5. The summed E-state index contributed by atoms with van der Waals surface area (Å²) in [5.41, 5.74) is 0. The molecule has 0 aromatic carbocycles.